The van der Waals surface area contributed by atoms with E-state index >= 15 is 0 Å². The molecule has 0 aromatic heterocycles. The highest BCUT2D eigenvalue weighted by molar-refractivity contribution is 6.03. The molecule has 0 unspecified atom stereocenters. The molecule has 2 aliphatic heterocycles. The Balaban J connectivity index is 1.58. The zero-order chi connectivity index (χ0) is 20.9. The Morgan fingerprint density at radius 1 is 1.00 bits per heavy atom. The molecule has 158 valence electrons. The summed E-state index contributed by atoms with van der Waals surface area (Å²) in [7, 11) is 3.29. The lowest BCUT2D eigenvalue weighted by Crippen LogP contribution is -2.43. The maximum Gasteiger partial charge on any atom is 0.257 e. The molecule has 2 heterocycles. The highest BCUT2D eigenvalue weighted by atomic mass is 16.5. The molecule has 2 aromatic carbocycles. The Bertz CT molecular complexity index is 890. The van der Waals surface area contributed by atoms with Gasteiger partial charge in [0.25, 0.3) is 5.91 Å². The normalized spacial score (nSPS) is 19.5. The molecule has 0 N–H and O–H groups in total. The monoisotopic (exact) mass is 409 g/mol. The fraction of sp³-hybridized carbons (Fsp3) is 0.391. The first kappa shape index (κ1) is 20.4. The van der Waals surface area contributed by atoms with Crippen molar-refractivity contribution in [3.8, 4) is 11.5 Å². The van der Waals surface area contributed by atoms with E-state index in [1.54, 1.807) is 19.2 Å². The molecule has 2 aliphatic rings. The van der Waals surface area contributed by atoms with Gasteiger partial charge in [0.1, 0.15) is 11.5 Å². The number of hydrazone groups is 1. The number of benzene rings is 2. The van der Waals surface area contributed by atoms with Gasteiger partial charge in [-0.3, -0.25) is 9.69 Å². The van der Waals surface area contributed by atoms with Crippen LogP contribution in [-0.4, -0.2) is 68.6 Å². The number of nitrogens with zero attached hydrogens (tertiary/aromatic N) is 3. The standard InChI is InChI=1S/C23H27N3O4/c1-28-19-7-3-17(4-8-19)21-15-22(18-5-9-20(29-2)10-6-18)26(24-21)23(27)16-25-11-13-30-14-12-25/h3-10,22H,11-16H2,1-2H3/t22-/m0/s1. The molecule has 1 atom stereocenters. The van der Waals surface area contributed by atoms with Gasteiger partial charge in [0.15, 0.2) is 0 Å². The molecule has 0 aliphatic carbocycles. The molecule has 7 nitrogen and oxygen atoms in total. The van der Waals surface area contributed by atoms with Gasteiger partial charge in [-0.05, 0) is 47.5 Å². The molecule has 0 bridgehead atoms. The highest BCUT2D eigenvalue weighted by Gasteiger charge is 2.34. The van der Waals surface area contributed by atoms with Crippen molar-refractivity contribution in [3.63, 3.8) is 0 Å². The molecular weight excluding hydrogens is 382 g/mol. The largest absolute Gasteiger partial charge is 0.497 e. The summed E-state index contributed by atoms with van der Waals surface area (Å²) >= 11 is 0. The lowest BCUT2D eigenvalue weighted by Gasteiger charge is -2.29. The van der Waals surface area contributed by atoms with Crippen molar-refractivity contribution in [2.75, 3.05) is 47.1 Å². The lowest BCUT2D eigenvalue weighted by atomic mass is 9.98. The SMILES string of the molecule is COc1ccc(C2=NN(C(=O)CN3CCOCC3)[C@H](c3ccc(OC)cc3)C2)cc1. The summed E-state index contributed by atoms with van der Waals surface area (Å²) in [6.07, 6.45) is 0.660. The topological polar surface area (TPSA) is 63.6 Å². The summed E-state index contributed by atoms with van der Waals surface area (Å²) in [5.41, 5.74) is 2.93. The third-order valence-corrected chi connectivity index (χ3v) is 5.55. The predicted molar refractivity (Wildman–Crippen MR) is 114 cm³/mol. The quantitative estimate of drug-likeness (QED) is 0.734. The van der Waals surface area contributed by atoms with Gasteiger partial charge < -0.3 is 14.2 Å². The van der Waals surface area contributed by atoms with Crippen molar-refractivity contribution < 1.29 is 19.0 Å². The zero-order valence-corrected chi connectivity index (χ0v) is 17.4. The van der Waals surface area contributed by atoms with Gasteiger partial charge in [0.05, 0.1) is 45.7 Å². The fourth-order valence-corrected chi connectivity index (χ4v) is 3.81. The zero-order valence-electron chi connectivity index (χ0n) is 17.4. The Labute approximate surface area is 176 Å². The minimum absolute atomic E-state index is 0.00114. The lowest BCUT2D eigenvalue weighted by molar-refractivity contribution is -0.135. The van der Waals surface area contributed by atoms with Gasteiger partial charge >= 0.3 is 0 Å². The molecule has 30 heavy (non-hydrogen) atoms. The molecule has 0 radical (unpaired) electrons. The second-order valence-corrected chi connectivity index (χ2v) is 7.40. The van der Waals surface area contributed by atoms with Crippen LogP contribution in [0.3, 0.4) is 0 Å². The summed E-state index contributed by atoms with van der Waals surface area (Å²) in [6.45, 7) is 3.20. The molecule has 0 spiro atoms. The van der Waals surface area contributed by atoms with Crippen LogP contribution in [0.1, 0.15) is 23.6 Å². The maximum atomic E-state index is 13.2. The number of methoxy groups -OCH3 is 2. The Kier molecular flexibility index (Phi) is 6.30. The maximum absolute atomic E-state index is 13.2. The van der Waals surface area contributed by atoms with Crippen molar-refractivity contribution in [2.45, 2.75) is 12.5 Å². The van der Waals surface area contributed by atoms with Crippen LogP contribution < -0.4 is 9.47 Å². The summed E-state index contributed by atoms with van der Waals surface area (Å²) in [6, 6.07) is 15.5. The first-order valence-electron chi connectivity index (χ1n) is 10.2. The average Bonchev–Trinajstić information content (AvgIpc) is 3.25. The van der Waals surface area contributed by atoms with Crippen LogP contribution in [0.5, 0.6) is 11.5 Å². The summed E-state index contributed by atoms with van der Waals surface area (Å²) in [4.78, 5) is 15.3. The van der Waals surface area contributed by atoms with Crippen LogP contribution in [0.15, 0.2) is 53.6 Å². The number of hydrogen-bond acceptors (Lipinski definition) is 6. The van der Waals surface area contributed by atoms with E-state index in [-0.39, 0.29) is 11.9 Å². The third kappa shape index (κ3) is 4.47. The minimum atomic E-state index is -0.137. The Morgan fingerprint density at radius 2 is 1.60 bits per heavy atom. The summed E-state index contributed by atoms with van der Waals surface area (Å²) in [5.74, 6) is 1.59. The number of amides is 1. The van der Waals surface area contributed by atoms with Crippen LogP contribution in [0.4, 0.5) is 0 Å². The number of ether oxygens (including phenoxy) is 3. The first-order chi connectivity index (χ1) is 14.7. The number of carbonyl (C=O) groups is 1. The van der Waals surface area contributed by atoms with Gasteiger partial charge in [-0.25, -0.2) is 5.01 Å². The Morgan fingerprint density at radius 3 is 2.20 bits per heavy atom. The van der Waals surface area contributed by atoms with E-state index in [2.05, 4.69) is 4.90 Å². The van der Waals surface area contributed by atoms with E-state index in [1.807, 2.05) is 48.5 Å². The molecule has 0 saturated carbocycles. The smallest absolute Gasteiger partial charge is 0.257 e. The van der Waals surface area contributed by atoms with E-state index in [0.717, 1.165) is 41.4 Å². The highest BCUT2D eigenvalue weighted by Crippen LogP contribution is 2.34. The molecular formula is C23H27N3O4. The molecule has 7 heteroatoms. The number of rotatable bonds is 6. The fourth-order valence-electron chi connectivity index (χ4n) is 3.81. The van der Waals surface area contributed by atoms with Crippen molar-refractivity contribution in [1.82, 2.24) is 9.91 Å². The first-order valence-corrected chi connectivity index (χ1v) is 10.2. The van der Waals surface area contributed by atoms with E-state index in [9.17, 15) is 4.79 Å². The molecule has 1 amide bonds. The molecule has 1 fully saturated rings. The summed E-state index contributed by atoms with van der Waals surface area (Å²) < 4.78 is 15.9. The van der Waals surface area contributed by atoms with Crippen molar-refractivity contribution >= 4 is 11.6 Å². The number of hydrogen-bond donors (Lipinski definition) is 0. The Hall–Kier alpha value is -2.90. The number of carbonyl (C=O) groups excluding carboxylic acids is 1. The molecule has 1 saturated heterocycles. The van der Waals surface area contributed by atoms with Crippen LogP contribution >= 0.6 is 0 Å². The van der Waals surface area contributed by atoms with Crippen molar-refractivity contribution in [3.05, 3.63) is 59.7 Å². The molecule has 4 rings (SSSR count). The van der Waals surface area contributed by atoms with Crippen molar-refractivity contribution in [2.24, 2.45) is 5.10 Å². The van der Waals surface area contributed by atoms with Gasteiger partial charge in [-0.2, -0.15) is 5.10 Å². The van der Waals surface area contributed by atoms with E-state index in [0.29, 0.717) is 26.2 Å². The molecule has 2 aromatic rings. The predicted octanol–water partition coefficient (Wildman–Crippen LogP) is 2.71. The van der Waals surface area contributed by atoms with Crippen LogP contribution in [0.2, 0.25) is 0 Å². The van der Waals surface area contributed by atoms with E-state index in [1.165, 1.54) is 0 Å². The second-order valence-electron chi connectivity index (χ2n) is 7.40. The van der Waals surface area contributed by atoms with E-state index < -0.39 is 0 Å². The van der Waals surface area contributed by atoms with E-state index in [4.69, 9.17) is 19.3 Å². The van der Waals surface area contributed by atoms with Crippen LogP contribution in [0.25, 0.3) is 0 Å². The average molecular weight is 409 g/mol. The third-order valence-electron chi connectivity index (χ3n) is 5.55. The number of morpholine rings is 1. The van der Waals surface area contributed by atoms with Crippen molar-refractivity contribution in [1.29, 1.82) is 0 Å². The minimum Gasteiger partial charge on any atom is -0.497 e. The summed E-state index contributed by atoms with van der Waals surface area (Å²) in [5, 5.41) is 6.40. The van der Waals surface area contributed by atoms with Crippen LogP contribution in [-0.2, 0) is 9.53 Å². The van der Waals surface area contributed by atoms with Gasteiger partial charge in [-0.15, -0.1) is 0 Å². The van der Waals surface area contributed by atoms with Gasteiger partial charge in [-0.1, -0.05) is 12.1 Å². The van der Waals surface area contributed by atoms with Gasteiger partial charge in [0, 0.05) is 19.5 Å². The second kappa shape index (κ2) is 9.28. The van der Waals surface area contributed by atoms with Crippen LogP contribution in [0, 0.1) is 0 Å². The van der Waals surface area contributed by atoms with Gasteiger partial charge in [0.2, 0.25) is 0 Å².